The van der Waals surface area contributed by atoms with Crippen molar-refractivity contribution in [2.24, 2.45) is 0 Å². The van der Waals surface area contributed by atoms with Crippen LogP contribution in [0, 0.1) is 0 Å². The molecule has 10 nitrogen and oxygen atoms in total. The van der Waals surface area contributed by atoms with Gasteiger partial charge in [-0.15, -0.1) is 0 Å². The minimum Gasteiger partial charge on any atom is -0.396 e. The summed E-state index contributed by atoms with van der Waals surface area (Å²) < 4.78 is 22.6. The predicted molar refractivity (Wildman–Crippen MR) is 100 cm³/mol. The van der Waals surface area contributed by atoms with Crippen molar-refractivity contribution in [1.82, 2.24) is 0 Å². The molecule has 0 rings (SSSR count). The van der Waals surface area contributed by atoms with Crippen LogP contribution in [0.2, 0.25) is 0 Å². The first kappa shape index (κ1) is 33.7. The molecule has 0 aromatic carbocycles. The van der Waals surface area contributed by atoms with E-state index in [9.17, 15) is 0 Å². The Morgan fingerprint density at radius 2 is 0.885 bits per heavy atom. The smallest absolute Gasteiger partial charge is 0.396 e. The molecule has 0 aromatic rings. The third-order valence-corrected chi connectivity index (χ3v) is 2.42. The molecule has 0 saturated carbocycles. The van der Waals surface area contributed by atoms with E-state index < -0.39 is 15.6 Å². The summed E-state index contributed by atoms with van der Waals surface area (Å²) in [6.07, 6.45) is 10.4. The number of aliphatic hydroxyl groups is 1. The molecule has 0 atom stereocenters. The second-order valence-electron chi connectivity index (χ2n) is 5.01. The summed E-state index contributed by atoms with van der Waals surface area (Å²) in [5.74, 6) is 0. The zero-order valence-electron chi connectivity index (χ0n) is 16.0. The quantitative estimate of drug-likeness (QED) is 0.201. The molecule has 0 aromatic heterocycles. The minimum atomic E-state index is -4.64. The van der Waals surface area contributed by atoms with E-state index in [1.165, 1.54) is 44.9 Å². The molecule has 164 valence electrons. The van der Waals surface area contributed by atoms with Gasteiger partial charge in [0.1, 0.15) is 0 Å². The van der Waals surface area contributed by atoms with Gasteiger partial charge in [0.15, 0.2) is 0 Å². The second-order valence-corrected chi connectivity index (χ2v) is 7.06. The van der Waals surface area contributed by atoms with Crippen LogP contribution < -0.4 is 0 Å². The Hall–Kier alpha value is 0.140. The minimum absolute atomic E-state index is 0.370. The van der Waals surface area contributed by atoms with Gasteiger partial charge in [-0.25, -0.2) is 9.13 Å². The highest BCUT2D eigenvalue weighted by atomic mass is 31.2. The highest BCUT2D eigenvalue weighted by Crippen LogP contribution is 2.26. The fourth-order valence-electron chi connectivity index (χ4n) is 1.45. The standard InChI is InChI=1S/C10H22O.C4H10O.2H3O4P/c1-2-3-4-5-6-7-8-9-10-11;1-3-5-4-2;2*1-5(2,3)4/h11H,2-10H2,1H3;3-4H2,1-2H3;2*(H3,1,2,3,4). The van der Waals surface area contributed by atoms with Crippen molar-refractivity contribution in [3.8, 4) is 0 Å². The van der Waals surface area contributed by atoms with Crippen molar-refractivity contribution in [3.63, 3.8) is 0 Å². The zero-order chi connectivity index (χ0) is 21.5. The number of ether oxygens (including phenoxy) is 1. The van der Waals surface area contributed by atoms with E-state index in [1.54, 1.807) is 0 Å². The molecule has 12 heteroatoms. The van der Waals surface area contributed by atoms with E-state index in [0.717, 1.165) is 19.6 Å². The SMILES string of the molecule is CCCCCCCCCCO.CCOCC.O=P(O)(O)O.O=P(O)(O)O. The van der Waals surface area contributed by atoms with E-state index in [-0.39, 0.29) is 0 Å². The average molecular weight is 428 g/mol. The molecule has 0 aliphatic carbocycles. The van der Waals surface area contributed by atoms with Crippen LogP contribution in [0.4, 0.5) is 0 Å². The van der Waals surface area contributed by atoms with Crippen LogP contribution in [0.1, 0.15) is 72.1 Å². The van der Waals surface area contributed by atoms with Gasteiger partial charge in [0.05, 0.1) is 0 Å². The first-order valence-electron chi connectivity index (χ1n) is 8.58. The summed E-state index contributed by atoms with van der Waals surface area (Å²) in [5, 5.41) is 8.51. The lowest BCUT2D eigenvalue weighted by Crippen LogP contribution is -1.84. The van der Waals surface area contributed by atoms with Crippen molar-refractivity contribution in [2.45, 2.75) is 72.1 Å². The van der Waals surface area contributed by atoms with Gasteiger partial charge < -0.3 is 39.2 Å². The van der Waals surface area contributed by atoms with E-state index >= 15 is 0 Å². The van der Waals surface area contributed by atoms with Crippen LogP contribution in [0.5, 0.6) is 0 Å². The normalized spacial score (nSPS) is 10.5. The first-order chi connectivity index (χ1) is 11.8. The van der Waals surface area contributed by atoms with E-state index in [4.69, 9.17) is 48.3 Å². The lowest BCUT2D eigenvalue weighted by molar-refractivity contribution is 0.162. The molecule has 0 bridgehead atoms. The van der Waals surface area contributed by atoms with Crippen LogP contribution in [0.3, 0.4) is 0 Å². The highest BCUT2D eigenvalue weighted by Gasteiger charge is 2.00. The summed E-state index contributed by atoms with van der Waals surface area (Å²) in [6.45, 7) is 8.28. The van der Waals surface area contributed by atoms with Crippen molar-refractivity contribution >= 4 is 15.6 Å². The molecule has 0 fully saturated rings. The summed E-state index contributed by atoms with van der Waals surface area (Å²) in [6, 6.07) is 0. The Labute approximate surface area is 156 Å². The maximum absolute atomic E-state index is 8.88. The molecule has 0 unspecified atom stereocenters. The van der Waals surface area contributed by atoms with Gasteiger partial charge >= 0.3 is 15.6 Å². The molecule has 0 aliphatic rings. The fraction of sp³-hybridized carbons (Fsp3) is 1.00. The molecule has 0 heterocycles. The van der Waals surface area contributed by atoms with E-state index in [1.807, 2.05) is 13.8 Å². The van der Waals surface area contributed by atoms with Gasteiger partial charge in [0.25, 0.3) is 0 Å². The molecule has 7 N–H and O–H groups in total. The largest absolute Gasteiger partial charge is 0.466 e. The number of unbranched alkanes of at least 4 members (excludes halogenated alkanes) is 7. The Kier molecular flexibility index (Phi) is 32.6. The van der Waals surface area contributed by atoms with Gasteiger partial charge in [-0.3, -0.25) is 0 Å². The van der Waals surface area contributed by atoms with Gasteiger partial charge in [-0.05, 0) is 20.3 Å². The van der Waals surface area contributed by atoms with Crippen molar-refractivity contribution in [3.05, 3.63) is 0 Å². The number of aliphatic hydroxyl groups excluding tert-OH is 1. The average Bonchev–Trinajstić information content (AvgIpc) is 2.44. The number of phosphoric acid groups is 2. The van der Waals surface area contributed by atoms with Crippen molar-refractivity contribution in [2.75, 3.05) is 19.8 Å². The first-order valence-corrected chi connectivity index (χ1v) is 11.7. The second kappa shape index (κ2) is 25.1. The summed E-state index contributed by atoms with van der Waals surface area (Å²) >= 11 is 0. The third-order valence-electron chi connectivity index (χ3n) is 2.42. The lowest BCUT2D eigenvalue weighted by atomic mass is 10.1. The molecule has 0 saturated heterocycles. The van der Waals surface area contributed by atoms with Crippen molar-refractivity contribution < 1.29 is 48.3 Å². The molecular weight excluding hydrogens is 390 g/mol. The Morgan fingerprint density at radius 3 is 1.08 bits per heavy atom. The maximum Gasteiger partial charge on any atom is 0.466 e. The molecule has 0 spiro atoms. The summed E-state index contributed by atoms with van der Waals surface area (Å²) in [5.41, 5.74) is 0. The van der Waals surface area contributed by atoms with E-state index in [2.05, 4.69) is 6.92 Å². The van der Waals surface area contributed by atoms with Crippen LogP contribution >= 0.6 is 15.6 Å². The van der Waals surface area contributed by atoms with Crippen LogP contribution in [-0.2, 0) is 13.9 Å². The fourth-order valence-corrected chi connectivity index (χ4v) is 1.45. The molecular formula is C14H38O10P2. The van der Waals surface area contributed by atoms with Crippen LogP contribution in [0.25, 0.3) is 0 Å². The molecule has 26 heavy (non-hydrogen) atoms. The van der Waals surface area contributed by atoms with Gasteiger partial charge in [0.2, 0.25) is 0 Å². The Bertz CT molecular complexity index is 283. The molecule has 0 radical (unpaired) electrons. The zero-order valence-corrected chi connectivity index (χ0v) is 17.8. The van der Waals surface area contributed by atoms with E-state index in [0.29, 0.717) is 6.61 Å². The monoisotopic (exact) mass is 428 g/mol. The highest BCUT2D eigenvalue weighted by molar-refractivity contribution is 7.45. The number of hydrogen-bond acceptors (Lipinski definition) is 4. The van der Waals surface area contributed by atoms with Gasteiger partial charge in [-0.2, -0.15) is 0 Å². The molecule has 0 amide bonds. The predicted octanol–water partition coefficient (Wildman–Crippen LogP) is 2.31. The Morgan fingerprint density at radius 1 is 0.615 bits per heavy atom. The van der Waals surface area contributed by atoms with Gasteiger partial charge in [0, 0.05) is 19.8 Å². The summed E-state index contributed by atoms with van der Waals surface area (Å²) in [7, 11) is -9.28. The number of hydrogen-bond donors (Lipinski definition) is 7. The number of rotatable bonds is 10. The summed E-state index contributed by atoms with van der Waals surface area (Å²) in [4.78, 5) is 43.1. The molecule has 0 aliphatic heterocycles. The van der Waals surface area contributed by atoms with Gasteiger partial charge in [-0.1, -0.05) is 51.9 Å². The van der Waals surface area contributed by atoms with Crippen molar-refractivity contribution in [1.29, 1.82) is 0 Å². The topological polar surface area (TPSA) is 185 Å². The van der Waals surface area contributed by atoms with Crippen LogP contribution in [-0.4, -0.2) is 54.3 Å². The lowest BCUT2D eigenvalue weighted by Gasteiger charge is -1.98. The van der Waals surface area contributed by atoms with Crippen LogP contribution in [0.15, 0.2) is 0 Å². The Balaban J connectivity index is -0.000000136. The third kappa shape index (κ3) is 126. The maximum atomic E-state index is 8.88.